The fourth-order valence-corrected chi connectivity index (χ4v) is 0. The van der Waals surface area contributed by atoms with E-state index in [9.17, 15) is 0 Å². The maximum Gasteiger partial charge on any atom is 0.186 e. The zero-order valence-corrected chi connectivity index (χ0v) is 4.66. The van der Waals surface area contributed by atoms with Crippen LogP contribution in [0.5, 0.6) is 0 Å². The van der Waals surface area contributed by atoms with Crippen molar-refractivity contribution in [2.75, 3.05) is 0 Å². The van der Waals surface area contributed by atoms with Gasteiger partial charge in [-0.25, -0.2) is 0 Å². The average Bonchev–Trinajstić information content (AvgIpc) is 1.37. The molecule has 0 aromatic heterocycles. The molecular formula is CH5ClOSi. The summed E-state index contributed by atoms with van der Waals surface area (Å²) in [7, 11) is -0.310. The molecule has 26 valence electrons. The monoisotopic (exact) mass is 96.0 g/mol. The van der Waals surface area contributed by atoms with Gasteiger partial charge in [0.2, 0.25) is 0 Å². The zero-order valence-electron chi connectivity index (χ0n) is 2.49. The molecule has 0 spiro atoms. The number of halogens is 1. The fraction of sp³-hybridized carbons (Fsp3) is 1.00. The van der Waals surface area contributed by atoms with Gasteiger partial charge in [-0.1, -0.05) is 0 Å². The summed E-state index contributed by atoms with van der Waals surface area (Å²) in [6.45, 7) is 1.97. The van der Waals surface area contributed by atoms with E-state index in [-0.39, 0.29) is 9.76 Å². The molecule has 0 unspecified atom stereocenters. The Morgan fingerprint density at radius 1 is 2.00 bits per heavy atom. The number of hydrogen-bond acceptors (Lipinski definition) is 1. The van der Waals surface area contributed by atoms with Crippen molar-refractivity contribution in [3.8, 4) is 0 Å². The van der Waals surface area contributed by atoms with E-state index in [2.05, 4.69) is 3.98 Å². The van der Waals surface area contributed by atoms with Crippen molar-refractivity contribution in [1.82, 2.24) is 0 Å². The predicted molar refractivity (Wildman–Crippen MR) is 21.3 cm³/mol. The van der Waals surface area contributed by atoms with E-state index in [1.165, 1.54) is 0 Å². The van der Waals surface area contributed by atoms with Crippen molar-refractivity contribution in [3.63, 3.8) is 0 Å². The molecule has 0 saturated carbocycles. The Balaban J connectivity index is 1.97. The van der Waals surface area contributed by atoms with Crippen molar-refractivity contribution >= 4 is 21.6 Å². The molecule has 0 N–H and O–H groups in total. The van der Waals surface area contributed by atoms with Gasteiger partial charge >= 0.3 is 0 Å². The normalized spacial score (nSPS) is 10.5. The smallest absolute Gasteiger partial charge is 0.186 e. The largest absolute Gasteiger partial charge is 0.333 e. The lowest BCUT2D eigenvalue weighted by Gasteiger charge is -1.69. The Hall–Kier alpha value is 0.467. The Bertz CT molecular complexity index is 10.0. The third kappa shape index (κ3) is 2.47. The summed E-state index contributed by atoms with van der Waals surface area (Å²) in [6.07, 6.45) is 0. The molecule has 0 amide bonds. The average molecular weight is 96.6 g/mol. The molecule has 0 aliphatic heterocycles. The molecule has 0 saturated heterocycles. The van der Waals surface area contributed by atoms with E-state index < -0.39 is 0 Å². The van der Waals surface area contributed by atoms with E-state index in [1.807, 2.05) is 6.55 Å². The van der Waals surface area contributed by atoms with Crippen molar-refractivity contribution in [3.05, 3.63) is 0 Å². The molecule has 0 heterocycles. The van der Waals surface area contributed by atoms with Crippen LogP contribution in [0.1, 0.15) is 0 Å². The predicted octanol–water partition coefficient (Wildman–Crippen LogP) is 0.289. The molecule has 0 atom stereocenters. The van der Waals surface area contributed by atoms with Gasteiger partial charge in [0, 0.05) is 11.9 Å². The fourth-order valence-electron chi connectivity index (χ4n) is 0. The van der Waals surface area contributed by atoms with Crippen molar-refractivity contribution < 1.29 is 3.98 Å². The molecule has 0 radical (unpaired) electrons. The summed E-state index contributed by atoms with van der Waals surface area (Å²) in [5.74, 6) is 0. The van der Waals surface area contributed by atoms with Crippen LogP contribution in [0.4, 0.5) is 0 Å². The molecule has 0 bridgehead atoms. The molecule has 0 fully saturated rings. The van der Waals surface area contributed by atoms with Crippen LogP contribution in [0.2, 0.25) is 6.55 Å². The minimum atomic E-state index is -0.310. The van der Waals surface area contributed by atoms with Gasteiger partial charge in [0.05, 0.1) is 0 Å². The first-order valence-electron chi connectivity index (χ1n) is 1.15. The Morgan fingerprint density at radius 3 is 2.25 bits per heavy atom. The van der Waals surface area contributed by atoms with Crippen LogP contribution in [0.15, 0.2) is 0 Å². The SMILES string of the molecule is C[SiH2]OCl. The van der Waals surface area contributed by atoms with Gasteiger partial charge in [-0.2, -0.15) is 0 Å². The molecule has 0 aromatic carbocycles. The van der Waals surface area contributed by atoms with Crippen LogP contribution in [0, 0.1) is 0 Å². The third-order valence-electron chi connectivity index (χ3n) is 0.109. The van der Waals surface area contributed by atoms with Crippen molar-refractivity contribution in [2.24, 2.45) is 0 Å². The van der Waals surface area contributed by atoms with E-state index in [4.69, 9.17) is 11.9 Å². The van der Waals surface area contributed by atoms with Crippen LogP contribution < -0.4 is 0 Å². The first-order valence-corrected chi connectivity index (χ1v) is 3.45. The summed E-state index contributed by atoms with van der Waals surface area (Å²) in [6, 6.07) is 0. The summed E-state index contributed by atoms with van der Waals surface area (Å²) in [5.41, 5.74) is 0. The highest BCUT2D eigenvalue weighted by Gasteiger charge is 1.59. The second-order valence-electron chi connectivity index (χ2n) is 0.398. The summed E-state index contributed by atoms with van der Waals surface area (Å²) in [5, 5.41) is 0. The van der Waals surface area contributed by atoms with Gasteiger partial charge in [-0.05, 0) is 6.55 Å². The Morgan fingerprint density at radius 2 is 2.25 bits per heavy atom. The standard InChI is InChI=1S/CH5ClOSi/c1-4-3-2/h4H2,1H3. The van der Waals surface area contributed by atoms with Gasteiger partial charge in [0.1, 0.15) is 0 Å². The summed E-state index contributed by atoms with van der Waals surface area (Å²) < 4.78 is 4.15. The maximum absolute atomic E-state index is 4.75. The lowest BCUT2D eigenvalue weighted by molar-refractivity contribution is 0.674. The molecule has 1 nitrogen and oxygen atoms in total. The first-order chi connectivity index (χ1) is 1.91. The topological polar surface area (TPSA) is 9.23 Å². The number of rotatable bonds is 1. The van der Waals surface area contributed by atoms with E-state index >= 15 is 0 Å². The highest BCUT2D eigenvalue weighted by molar-refractivity contribution is 6.34. The molecule has 0 aromatic rings. The van der Waals surface area contributed by atoms with Gasteiger partial charge in [0.25, 0.3) is 0 Å². The second-order valence-corrected chi connectivity index (χ2v) is 1.85. The first kappa shape index (κ1) is 4.47. The second kappa shape index (κ2) is 3.47. The zero-order chi connectivity index (χ0) is 3.41. The van der Waals surface area contributed by atoms with Crippen LogP contribution in [0.3, 0.4) is 0 Å². The van der Waals surface area contributed by atoms with Crippen molar-refractivity contribution in [2.45, 2.75) is 6.55 Å². The Kier molecular flexibility index (Phi) is 3.87. The minimum Gasteiger partial charge on any atom is -0.333 e. The quantitative estimate of drug-likeness (QED) is 0.427. The highest BCUT2D eigenvalue weighted by Crippen LogP contribution is 1.68. The molecule has 0 rings (SSSR count). The maximum atomic E-state index is 4.75. The van der Waals surface area contributed by atoms with E-state index in [0.29, 0.717) is 0 Å². The van der Waals surface area contributed by atoms with Gasteiger partial charge in [0.15, 0.2) is 9.76 Å². The van der Waals surface area contributed by atoms with Gasteiger partial charge in [-0.15, -0.1) is 0 Å². The lowest BCUT2D eigenvalue weighted by atomic mass is 11.9. The number of hydrogen-bond donors (Lipinski definition) is 0. The summed E-state index contributed by atoms with van der Waals surface area (Å²) >= 11 is 4.75. The molecule has 0 aliphatic rings. The van der Waals surface area contributed by atoms with Gasteiger partial charge in [-0.3, -0.25) is 0 Å². The molecular weight excluding hydrogens is 91.5 g/mol. The van der Waals surface area contributed by atoms with Crippen LogP contribution in [-0.2, 0) is 3.98 Å². The van der Waals surface area contributed by atoms with Crippen molar-refractivity contribution in [1.29, 1.82) is 0 Å². The molecule has 3 heteroatoms. The molecule has 0 aliphatic carbocycles. The highest BCUT2D eigenvalue weighted by atomic mass is 35.5. The Labute approximate surface area is 33.0 Å². The minimum absolute atomic E-state index is 0.310. The van der Waals surface area contributed by atoms with Crippen LogP contribution in [0.25, 0.3) is 0 Å². The summed E-state index contributed by atoms with van der Waals surface area (Å²) in [4.78, 5) is 0. The van der Waals surface area contributed by atoms with E-state index in [0.717, 1.165) is 0 Å². The third-order valence-corrected chi connectivity index (χ3v) is 0.982. The van der Waals surface area contributed by atoms with E-state index in [1.54, 1.807) is 0 Å². The lowest BCUT2D eigenvalue weighted by Crippen LogP contribution is -1.71. The van der Waals surface area contributed by atoms with Gasteiger partial charge < -0.3 is 3.98 Å². The molecule has 4 heavy (non-hydrogen) atoms. The van der Waals surface area contributed by atoms with Crippen LogP contribution >= 0.6 is 11.9 Å². The van der Waals surface area contributed by atoms with Crippen LogP contribution in [-0.4, -0.2) is 9.76 Å².